The highest BCUT2D eigenvalue weighted by molar-refractivity contribution is 5.92. The van der Waals surface area contributed by atoms with Gasteiger partial charge in [0, 0.05) is 49.0 Å². The summed E-state index contributed by atoms with van der Waals surface area (Å²) in [5.41, 5.74) is 2.37. The van der Waals surface area contributed by atoms with E-state index in [-0.39, 0.29) is 17.9 Å². The molecule has 174 valence electrons. The van der Waals surface area contributed by atoms with Gasteiger partial charge in [-0.05, 0) is 13.8 Å². The number of aliphatic carboxylic acids is 1. The third kappa shape index (κ3) is 5.40. The van der Waals surface area contributed by atoms with E-state index in [1.54, 1.807) is 6.20 Å². The van der Waals surface area contributed by atoms with Crippen molar-refractivity contribution >= 4 is 11.9 Å². The predicted octanol–water partition coefficient (Wildman–Crippen LogP) is 1.34. The monoisotopic (exact) mass is 457 g/mol. The summed E-state index contributed by atoms with van der Waals surface area (Å²) in [7, 11) is 0. The lowest BCUT2D eigenvalue weighted by Crippen LogP contribution is -2.41. The van der Waals surface area contributed by atoms with E-state index in [4.69, 9.17) is 19.2 Å². The molecule has 0 aliphatic carbocycles. The number of aryl methyl sites for hydroxylation is 2. The molecule has 2 N–H and O–H groups in total. The lowest BCUT2D eigenvalue weighted by Gasteiger charge is -2.21. The molecule has 2 aromatic heterocycles. The van der Waals surface area contributed by atoms with Gasteiger partial charge >= 0.3 is 12.1 Å². The molecule has 2 fully saturated rings. The molecule has 0 spiro atoms. The van der Waals surface area contributed by atoms with Crippen LogP contribution in [0.2, 0.25) is 0 Å². The maximum Gasteiger partial charge on any atom is 0.490 e. The van der Waals surface area contributed by atoms with Crippen LogP contribution in [0.4, 0.5) is 13.2 Å². The van der Waals surface area contributed by atoms with Crippen molar-refractivity contribution in [1.29, 1.82) is 0 Å². The second-order valence-corrected chi connectivity index (χ2v) is 7.47. The van der Waals surface area contributed by atoms with E-state index < -0.39 is 12.1 Å². The van der Waals surface area contributed by atoms with Gasteiger partial charge in [-0.25, -0.2) is 9.78 Å². The highest BCUT2D eigenvalue weighted by Crippen LogP contribution is 2.32. The molecule has 10 nitrogen and oxygen atoms in total. The quantitative estimate of drug-likeness (QED) is 0.698. The number of alkyl halides is 3. The van der Waals surface area contributed by atoms with Gasteiger partial charge in [0.15, 0.2) is 0 Å². The first kappa shape index (κ1) is 23.6. The van der Waals surface area contributed by atoms with Gasteiger partial charge in [-0.1, -0.05) is 5.16 Å². The SMILES string of the molecule is Cc1noc(C)c1CN1C[C@@H](NC(=O)c2cnccn2)[C@H]2COC[C@H]21.O=C(O)C(F)(F)F. The number of likely N-dealkylation sites (tertiary alicyclic amines) is 1. The Bertz CT molecular complexity index is 933. The minimum Gasteiger partial charge on any atom is -0.475 e. The van der Waals surface area contributed by atoms with E-state index in [9.17, 15) is 18.0 Å². The van der Waals surface area contributed by atoms with E-state index in [0.29, 0.717) is 24.9 Å². The summed E-state index contributed by atoms with van der Waals surface area (Å²) in [6.07, 6.45) is -0.526. The van der Waals surface area contributed by atoms with Crippen LogP contribution in [0.3, 0.4) is 0 Å². The number of carboxylic acid groups (broad SMARTS) is 1. The molecule has 32 heavy (non-hydrogen) atoms. The summed E-state index contributed by atoms with van der Waals surface area (Å²) in [5.74, 6) is -1.82. The Morgan fingerprint density at radius 2 is 2.00 bits per heavy atom. The maximum absolute atomic E-state index is 12.4. The first-order valence-electron chi connectivity index (χ1n) is 9.68. The number of fused-ring (bicyclic) bond motifs is 1. The van der Waals surface area contributed by atoms with Gasteiger partial charge in [0.2, 0.25) is 0 Å². The lowest BCUT2D eigenvalue weighted by atomic mass is 9.99. The average molecular weight is 457 g/mol. The number of nitrogens with zero attached hydrogens (tertiary/aromatic N) is 4. The van der Waals surface area contributed by atoms with E-state index in [2.05, 4.69) is 25.3 Å². The number of halogens is 3. The first-order valence-corrected chi connectivity index (χ1v) is 9.68. The zero-order chi connectivity index (χ0) is 23.5. The normalized spacial score (nSPS) is 22.7. The fraction of sp³-hybridized carbons (Fsp3) is 0.526. The Kier molecular flexibility index (Phi) is 7.09. The van der Waals surface area contributed by atoms with Gasteiger partial charge in [-0.3, -0.25) is 14.7 Å². The fourth-order valence-electron chi connectivity index (χ4n) is 3.77. The van der Waals surface area contributed by atoms with Crippen molar-refractivity contribution in [3.8, 4) is 0 Å². The molecule has 0 aromatic carbocycles. The Balaban J connectivity index is 0.000000360. The van der Waals surface area contributed by atoms with Gasteiger partial charge in [0.05, 0.1) is 25.1 Å². The van der Waals surface area contributed by atoms with Crippen LogP contribution in [-0.2, 0) is 16.1 Å². The molecule has 3 atom stereocenters. The minimum absolute atomic E-state index is 0.0301. The molecule has 4 rings (SSSR count). The van der Waals surface area contributed by atoms with Crippen LogP contribution in [0.15, 0.2) is 23.1 Å². The molecular formula is C19H22F3N5O5. The van der Waals surface area contributed by atoms with Crippen LogP contribution in [0.5, 0.6) is 0 Å². The molecule has 0 unspecified atom stereocenters. The van der Waals surface area contributed by atoms with Crippen molar-refractivity contribution in [2.24, 2.45) is 5.92 Å². The fourth-order valence-corrected chi connectivity index (χ4v) is 3.77. The Labute approximate surface area is 180 Å². The largest absolute Gasteiger partial charge is 0.490 e. The Morgan fingerprint density at radius 3 is 2.56 bits per heavy atom. The number of carbonyl (C=O) groups is 2. The molecule has 0 radical (unpaired) electrons. The molecule has 4 heterocycles. The number of nitrogens with one attached hydrogen (secondary N) is 1. The summed E-state index contributed by atoms with van der Waals surface area (Å²) in [6.45, 7) is 6.76. The summed E-state index contributed by atoms with van der Waals surface area (Å²) in [6, 6.07) is 0.323. The molecule has 2 aromatic rings. The minimum atomic E-state index is -5.08. The van der Waals surface area contributed by atoms with E-state index in [1.807, 2.05) is 13.8 Å². The summed E-state index contributed by atoms with van der Waals surface area (Å²) in [4.78, 5) is 31.7. The van der Waals surface area contributed by atoms with Crippen molar-refractivity contribution in [3.05, 3.63) is 41.3 Å². The second-order valence-electron chi connectivity index (χ2n) is 7.47. The molecule has 2 saturated heterocycles. The summed E-state index contributed by atoms with van der Waals surface area (Å²) >= 11 is 0. The van der Waals surface area contributed by atoms with Crippen LogP contribution in [0, 0.1) is 19.8 Å². The van der Waals surface area contributed by atoms with Crippen LogP contribution >= 0.6 is 0 Å². The number of carbonyl (C=O) groups excluding carboxylic acids is 1. The molecule has 1 amide bonds. The summed E-state index contributed by atoms with van der Waals surface area (Å²) < 4.78 is 42.7. The number of hydrogen-bond donors (Lipinski definition) is 2. The molecule has 13 heteroatoms. The van der Waals surface area contributed by atoms with Crippen molar-refractivity contribution in [3.63, 3.8) is 0 Å². The van der Waals surface area contributed by atoms with Crippen LogP contribution < -0.4 is 5.32 Å². The molecule has 0 bridgehead atoms. The van der Waals surface area contributed by atoms with E-state index in [0.717, 1.165) is 30.1 Å². The van der Waals surface area contributed by atoms with Crippen molar-refractivity contribution in [1.82, 2.24) is 25.3 Å². The Morgan fingerprint density at radius 1 is 1.28 bits per heavy atom. The van der Waals surface area contributed by atoms with Crippen LogP contribution in [-0.4, -0.2) is 75.0 Å². The highest BCUT2D eigenvalue weighted by Gasteiger charge is 2.46. The standard InChI is InChI=1S/C17H21N5O3.C2HF3O2/c1-10-12(11(2)25-21-10)6-22-7-15(13-8-24-9-16(13)22)20-17(23)14-5-18-3-4-19-14;3-2(4,5)1(6)7/h3-5,13,15-16H,6-9H2,1-2H3,(H,20,23);(H,6,7)/t13-,15-,16-;/m1./s1. The topological polar surface area (TPSA) is 131 Å². The van der Waals surface area contributed by atoms with Gasteiger partial charge in [-0.2, -0.15) is 13.2 Å². The van der Waals surface area contributed by atoms with Crippen LogP contribution in [0.25, 0.3) is 0 Å². The van der Waals surface area contributed by atoms with Crippen molar-refractivity contribution in [2.75, 3.05) is 19.8 Å². The summed E-state index contributed by atoms with van der Waals surface area (Å²) in [5, 5.41) is 14.3. The number of ether oxygens (including phenoxy) is 1. The molecule has 0 saturated carbocycles. The van der Waals surface area contributed by atoms with Gasteiger partial charge in [0.1, 0.15) is 11.5 Å². The van der Waals surface area contributed by atoms with Crippen molar-refractivity contribution in [2.45, 2.75) is 38.7 Å². The zero-order valence-corrected chi connectivity index (χ0v) is 17.3. The molecule has 2 aliphatic heterocycles. The van der Waals surface area contributed by atoms with Gasteiger partial charge < -0.3 is 19.7 Å². The third-order valence-electron chi connectivity index (χ3n) is 5.41. The average Bonchev–Trinajstić information content (AvgIpc) is 3.42. The molecule has 2 aliphatic rings. The predicted molar refractivity (Wildman–Crippen MR) is 101 cm³/mol. The Hall–Kier alpha value is -3.06. The van der Waals surface area contributed by atoms with Crippen molar-refractivity contribution < 1.29 is 37.1 Å². The molecular weight excluding hydrogens is 435 g/mol. The van der Waals surface area contributed by atoms with Crippen LogP contribution in [0.1, 0.15) is 27.5 Å². The highest BCUT2D eigenvalue weighted by atomic mass is 19.4. The number of hydrogen-bond acceptors (Lipinski definition) is 8. The third-order valence-corrected chi connectivity index (χ3v) is 5.41. The lowest BCUT2D eigenvalue weighted by molar-refractivity contribution is -0.192. The number of carboxylic acids is 1. The smallest absolute Gasteiger partial charge is 0.475 e. The first-order chi connectivity index (χ1) is 15.1. The number of amides is 1. The van der Waals surface area contributed by atoms with Gasteiger partial charge in [0.25, 0.3) is 5.91 Å². The maximum atomic E-state index is 12.4. The second kappa shape index (κ2) is 9.61. The van der Waals surface area contributed by atoms with E-state index in [1.165, 1.54) is 12.4 Å². The van der Waals surface area contributed by atoms with E-state index >= 15 is 0 Å². The van der Waals surface area contributed by atoms with Gasteiger partial charge in [-0.15, -0.1) is 0 Å². The number of aromatic nitrogens is 3. The zero-order valence-electron chi connectivity index (χ0n) is 17.3. The number of rotatable bonds is 4.